The zero-order chi connectivity index (χ0) is 13.8. The van der Waals surface area contributed by atoms with Gasteiger partial charge in [-0.2, -0.15) is 0 Å². The highest BCUT2D eigenvalue weighted by molar-refractivity contribution is 9.10. The van der Waals surface area contributed by atoms with Crippen LogP contribution in [-0.4, -0.2) is 6.04 Å². The maximum atomic E-state index is 6.31. The number of nitrogens with two attached hydrogens (primary N) is 1. The first-order valence-electron chi connectivity index (χ1n) is 6.61. The van der Waals surface area contributed by atoms with Crippen LogP contribution in [0.5, 0.6) is 0 Å². The van der Waals surface area contributed by atoms with E-state index in [-0.39, 0.29) is 6.04 Å². The lowest BCUT2D eigenvalue weighted by molar-refractivity contribution is 0.660. The molecular formula is C17H20BrN. The van der Waals surface area contributed by atoms with Gasteiger partial charge in [0.25, 0.3) is 0 Å². The van der Waals surface area contributed by atoms with E-state index in [1.807, 2.05) is 6.07 Å². The molecule has 0 amide bonds. The van der Waals surface area contributed by atoms with Crippen molar-refractivity contribution in [2.75, 3.05) is 0 Å². The largest absolute Gasteiger partial charge is 0.327 e. The van der Waals surface area contributed by atoms with Crippen LogP contribution in [0.4, 0.5) is 0 Å². The van der Waals surface area contributed by atoms with Crippen LogP contribution in [0.1, 0.15) is 22.3 Å². The topological polar surface area (TPSA) is 26.0 Å². The van der Waals surface area contributed by atoms with Gasteiger partial charge in [0.05, 0.1) is 0 Å². The van der Waals surface area contributed by atoms with E-state index in [0.717, 1.165) is 17.3 Å². The molecule has 0 spiro atoms. The number of benzene rings is 2. The van der Waals surface area contributed by atoms with Crippen molar-refractivity contribution in [2.45, 2.75) is 32.7 Å². The monoisotopic (exact) mass is 317 g/mol. The number of halogens is 1. The molecule has 0 heterocycles. The lowest BCUT2D eigenvalue weighted by Crippen LogP contribution is -2.26. The van der Waals surface area contributed by atoms with Crippen molar-refractivity contribution in [1.29, 1.82) is 0 Å². The molecule has 0 bridgehead atoms. The molecule has 0 fully saturated rings. The molecule has 2 rings (SSSR count). The Balaban J connectivity index is 2.07. The third-order valence-electron chi connectivity index (χ3n) is 3.50. The fourth-order valence-corrected chi connectivity index (χ4v) is 2.92. The maximum absolute atomic E-state index is 6.31. The maximum Gasteiger partial charge on any atom is 0.0178 e. The van der Waals surface area contributed by atoms with Crippen LogP contribution in [0.25, 0.3) is 0 Å². The summed E-state index contributed by atoms with van der Waals surface area (Å²) in [6, 6.07) is 15.0. The number of hydrogen-bond donors (Lipinski definition) is 1. The molecule has 2 N–H and O–H groups in total. The molecule has 2 heteroatoms. The van der Waals surface area contributed by atoms with Crippen LogP contribution in [0.2, 0.25) is 0 Å². The highest BCUT2D eigenvalue weighted by Crippen LogP contribution is 2.17. The smallest absolute Gasteiger partial charge is 0.0178 e. The van der Waals surface area contributed by atoms with Gasteiger partial charge in [0.1, 0.15) is 0 Å². The van der Waals surface area contributed by atoms with Crippen LogP contribution < -0.4 is 5.73 Å². The molecule has 0 aromatic heterocycles. The van der Waals surface area contributed by atoms with Gasteiger partial charge in [-0.15, -0.1) is 0 Å². The number of aryl methyl sites for hydroxylation is 2. The summed E-state index contributed by atoms with van der Waals surface area (Å²) in [6.45, 7) is 4.32. The van der Waals surface area contributed by atoms with Gasteiger partial charge in [-0.25, -0.2) is 0 Å². The first kappa shape index (κ1) is 14.3. The molecule has 2 aromatic rings. The second-order valence-electron chi connectivity index (χ2n) is 5.17. The van der Waals surface area contributed by atoms with Crippen molar-refractivity contribution < 1.29 is 0 Å². The molecule has 100 valence electrons. The average Bonchev–Trinajstić information content (AvgIpc) is 2.34. The predicted molar refractivity (Wildman–Crippen MR) is 85.4 cm³/mol. The van der Waals surface area contributed by atoms with Crippen molar-refractivity contribution in [3.63, 3.8) is 0 Å². The molecule has 0 aliphatic rings. The molecule has 0 aliphatic carbocycles. The van der Waals surface area contributed by atoms with E-state index < -0.39 is 0 Å². The highest BCUT2D eigenvalue weighted by Gasteiger charge is 2.09. The van der Waals surface area contributed by atoms with Crippen LogP contribution in [0, 0.1) is 13.8 Å². The summed E-state index contributed by atoms with van der Waals surface area (Å²) in [4.78, 5) is 0. The van der Waals surface area contributed by atoms with Gasteiger partial charge in [0.15, 0.2) is 0 Å². The van der Waals surface area contributed by atoms with Crippen LogP contribution in [-0.2, 0) is 12.8 Å². The second-order valence-corrected chi connectivity index (χ2v) is 6.08. The van der Waals surface area contributed by atoms with E-state index in [0.29, 0.717) is 0 Å². The molecule has 19 heavy (non-hydrogen) atoms. The zero-order valence-electron chi connectivity index (χ0n) is 11.5. The minimum absolute atomic E-state index is 0.161. The Morgan fingerprint density at radius 1 is 1.00 bits per heavy atom. The highest BCUT2D eigenvalue weighted by atomic mass is 79.9. The van der Waals surface area contributed by atoms with Gasteiger partial charge >= 0.3 is 0 Å². The first-order chi connectivity index (χ1) is 9.06. The molecule has 2 aromatic carbocycles. The molecule has 0 aliphatic heterocycles. The Labute approximate surface area is 124 Å². The minimum Gasteiger partial charge on any atom is -0.327 e. The van der Waals surface area contributed by atoms with E-state index in [1.54, 1.807) is 0 Å². The number of rotatable bonds is 4. The Morgan fingerprint density at radius 3 is 2.26 bits per heavy atom. The summed E-state index contributed by atoms with van der Waals surface area (Å²) in [6.07, 6.45) is 1.85. The first-order valence-corrected chi connectivity index (χ1v) is 7.40. The van der Waals surface area contributed by atoms with Gasteiger partial charge in [-0.3, -0.25) is 0 Å². The SMILES string of the molecule is Cc1cccc(C)c1CC(N)Cc1cccc(Br)c1. The lowest BCUT2D eigenvalue weighted by atomic mass is 9.94. The summed E-state index contributed by atoms with van der Waals surface area (Å²) in [5, 5.41) is 0. The fraction of sp³-hybridized carbons (Fsp3) is 0.294. The summed E-state index contributed by atoms with van der Waals surface area (Å²) >= 11 is 3.50. The van der Waals surface area contributed by atoms with Gasteiger partial charge in [0, 0.05) is 10.5 Å². The zero-order valence-corrected chi connectivity index (χ0v) is 13.1. The second kappa shape index (κ2) is 6.36. The standard InChI is InChI=1S/C17H20BrN/c1-12-5-3-6-13(2)17(12)11-16(19)10-14-7-4-8-15(18)9-14/h3-9,16H,10-11,19H2,1-2H3. The molecule has 1 atom stereocenters. The van der Waals surface area contributed by atoms with Gasteiger partial charge < -0.3 is 5.73 Å². The van der Waals surface area contributed by atoms with Gasteiger partial charge in [-0.05, 0) is 61.1 Å². The van der Waals surface area contributed by atoms with E-state index in [2.05, 4.69) is 66.2 Å². The van der Waals surface area contributed by atoms with Gasteiger partial charge in [0.2, 0.25) is 0 Å². The van der Waals surface area contributed by atoms with E-state index in [9.17, 15) is 0 Å². The molecule has 0 saturated heterocycles. The van der Waals surface area contributed by atoms with Crippen LogP contribution >= 0.6 is 15.9 Å². The Kier molecular flexibility index (Phi) is 4.78. The molecule has 1 nitrogen and oxygen atoms in total. The molecule has 0 radical (unpaired) electrons. The average molecular weight is 318 g/mol. The normalized spacial score (nSPS) is 12.4. The van der Waals surface area contributed by atoms with E-state index in [1.165, 1.54) is 22.3 Å². The molecule has 1 unspecified atom stereocenters. The third-order valence-corrected chi connectivity index (χ3v) is 3.99. The van der Waals surface area contributed by atoms with Crippen molar-refractivity contribution in [2.24, 2.45) is 5.73 Å². The Bertz CT molecular complexity index is 543. The Hall–Kier alpha value is -1.12. The van der Waals surface area contributed by atoms with Crippen molar-refractivity contribution in [3.05, 3.63) is 69.2 Å². The van der Waals surface area contributed by atoms with E-state index >= 15 is 0 Å². The van der Waals surface area contributed by atoms with Crippen molar-refractivity contribution >= 4 is 15.9 Å². The van der Waals surface area contributed by atoms with Crippen LogP contribution in [0.15, 0.2) is 46.9 Å². The quantitative estimate of drug-likeness (QED) is 0.899. The Morgan fingerprint density at radius 2 is 1.63 bits per heavy atom. The summed E-state index contributed by atoms with van der Waals surface area (Å²) in [5.41, 5.74) is 11.7. The fourth-order valence-electron chi connectivity index (χ4n) is 2.47. The minimum atomic E-state index is 0.161. The summed E-state index contributed by atoms with van der Waals surface area (Å²) in [7, 11) is 0. The van der Waals surface area contributed by atoms with Crippen molar-refractivity contribution in [1.82, 2.24) is 0 Å². The summed E-state index contributed by atoms with van der Waals surface area (Å²) in [5.74, 6) is 0. The van der Waals surface area contributed by atoms with Gasteiger partial charge in [-0.1, -0.05) is 46.3 Å². The van der Waals surface area contributed by atoms with Crippen LogP contribution in [0.3, 0.4) is 0 Å². The third kappa shape index (κ3) is 3.92. The summed E-state index contributed by atoms with van der Waals surface area (Å²) < 4.78 is 1.12. The van der Waals surface area contributed by atoms with E-state index in [4.69, 9.17) is 5.73 Å². The predicted octanol–water partition coefficient (Wildman–Crippen LogP) is 4.18. The lowest BCUT2D eigenvalue weighted by Gasteiger charge is -2.16. The van der Waals surface area contributed by atoms with Crippen molar-refractivity contribution in [3.8, 4) is 0 Å². The molecular weight excluding hydrogens is 298 g/mol. The molecule has 0 saturated carbocycles. The number of hydrogen-bond acceptors (Lipinski definition) is 1.